The molecule has 0 unspecified atom stereocenters. The molecule has 282 valence electrons. The van der Waals surface area contributed by atoms with Gasteiger partial charge in [-0.05, 0) is 183 Å². The van der Waals surface area contributed by atoms with Crippen molar-refractivity contribution in [2.24, 2.45) is 17.3 Å². The first-order valence-corrected chi connectivity index (χ1v) is 20.5. The lowest BCUT2D eigenvalue weighted by Crippen LogP contribution is -2.43. The molecule has 7 nitrogen and oxygen atoms in total. The van der Waals surface area contributed by atoms with Gasteiger partial charge in [0.1, 0.15) is 29.6 Å². The van der Waals surface area contributed by atoms with Crippen molar-refractivity contribution in [3.05, 3.63) is 107 Å². The first-order chi connectivity index (χ1) is 26.2. The molecule has 8 heteroatoms. The Morgan fingerprint density at radius 2 is 1.56 bits per heavy atom. The largest absolute Gasteiger partial charge is 0.508 e. The Labute approximate surface area is 321 Å². The normalized spacial score (nSPS) is 24.9. The Balaban J connectivity index is 0.000000175. The molecule has 54 heavy (non-hydrogen) atoms. The highest BCUT2D eigenvalue weighted by molar-refractivity contribution is 7.22. The van der Waals surface area contributed by atoms with Gasteiger partial charge >= 0.3 is 0 Å². The quantitative estimate of drug-likeness (QED) is 0.123. The van der Waals surface area contributed by atoms with Crippen molar-refractivity contribution in [2.75, 3.05) is 26.2 Å². The number of thiophene rings is 1. The number of aliphatic hydroxyl groups is 1. The number of carbonyl (C=O) groups excluding carboxylic acids is 1. The second kappa shape index (κ2) is 15.4. The number of hydrogen-bond donors (Lipinski definition) is 4. The number of aromatic hydroxyl groups is 3. The predicted molar refractivity (Wildman–Crippen MR) is 215 cm³/mol. The Morgan fingerprint density at radius 1 is 0.833 bits per heavy atom. The monoisotopic (exact) mass is 745 g/mol. The molecule has 9 rings (SSSR count). The maximum absolute atomic E-state index is 13.6. The molecule has 3 fully saturated rings. The highest BCUT2D eigenvalue weighted by Gasteiger charge is 2.54. The van der Waals surface area contributed by atoms with Gasteiger partial charge in [0.15, 0.2) is 5.78 Å². The van der Waals surface area contributed by atoms with Crippen LogP contribution in [0.4, 0.5) is 0 Å². The van der Waals surface area contributed by atoms with E-state index in [0.717, 1.165) is 71.1 Å². The topological polar surface area (TPSA) is 110 Å². The summed E-state index contributed by atoms with van der Waals surface area (Å²) in [6.07, 6.45) is 10.6. The molecule has 0 radical (unpaired) electrons. The molecule has 4 aliphatic rings. The number of hydrogen-bond acceptors (Lipinski definition) is 8. The molecule has 4 N–H and O–H groups in total. The maximum atomic E-state index is 13.6. The number of phenols is 3. The fourth-order valence-electron chi connectivity index (χ4n) is 9.99. The van der Waals surface area contributed by atoms with Gasteiger partial charge in [0, 0.05) is 32.6 Å². The van der Waals surface area contributed by atoms with Gasteiger partial charge in [-0.15, -0.1) is 11.3 Å². The minimum Gasteiger partial charge on any atom is -0.508 e. The summed E-state index contributed by atoms with van der Waals surface area (Å²) in [5.41, 5.74) is 5.02. The van der Waals surface area contributed by atoms with Crippen LogP contribution in [0.1, 0.15) is 91.3 Å². The third-order valence-electron chi connectivity index (χ3n) is 12.9. The third-order valence-corrected chi connectivity index (χ3v) is 14.1. The smallest absolute Gasteiger partial charge is 0.195 e. The van der Waals surface area contributed by atoms with Crippen LogP contribution in [0.25, 0.3) is 20.5 Å². The van der Waals surface area contributed by atoms with Crippen molar-refractivity contribution < 1.29 is 30.0 Å². The molecule has 0 bridgehead atoms. The third kappa shape index (κ3) is 7.24. The van der Waals surface area contributed by atoms with Crippen molar-refractivity contribution in [3.63, 3.8) is 0 Å². The predicted octanol–water partition coefficient (Wildman–Crippen LogP) is 9.68. The lowest BCUT2D eigenvalue weighted by Gasteiger charge is -2.50. The van der Waals surface area contributed by atoms with Crippen LogP contribution in [0.15, 0.2) is 84.9 Å². The number of fused-ring (bicyclic) bond motifs is 6. The highest BCUT2D eigenvalue weighted by Crippen LogP contribution is 2.61. The van der Waals surface area contributed by atoms with Crippen molar-refractivity contribution in [3.8, 4) is 33.4 Å². The average Bonchev–Trinajstić information content (AvgIpc) is 3.71. The van der Waals surface area contributed by atoms with E-state index >= 15 is 0 Å². The zero-order valence-corrected chi connectivity index (χ0v) is 31.9. The van der Waals surface area contributed by atoms with Gasteiger partial charge in [-0.2, -0.15) is 0 Å². The van der Waals surface area contributed by atoms with E-state index in [1.54, 1.807) is 42.5 Å². The van der Waals surface area contributed by atoms with Gasteiger partial charge in [0.2, 0.25) is 0 Å². The average molecular weight is 746 g/mol. The van der Waals surface area contributed by atoms with Gasteiger partial charge in [-0.25, -0.2) is 0 Å². The second-order valence-corrected chi connectivity index (χ2v) is 17.1. The number of carbonyl (C=O) groups is 1. The van der Waals surface area contributed by atoms with Gasteiger partial charge < -0.3 is 25.2 Å². The van der Waals surface area contributed by atoms with E-state index in [9.17, 15) is 25.2 Å². The molecule has 4 aromatic carbocycles. The molecule has 1 aliphatic heterocycles. The van der Waals surface area contributed by atoms with Crippen molar-refractivity contribution in [2.45, 2.75) is 76.7 Å². The zero-order valence-electron chi connectivity index (χ0n) is 31.0. The summed E-state index contributed by atoms with van der Waals surface area (Å²) in [7, 11) is 0. The van der Waals surface area contributed by atoms with E-state index in [0.29, 0.717) is 35.3 Å². The summed E-state index contributed by atoms with van der Waals surface area (Å²) >= 11 is 1.46. The van der Waals surface area contributed by atoms with Crippen molar-refractivity contribution >= 4 is 27.2 Å². The fourth-order valence-corrected chi connectivity index (χ4v) is 11.2. The molecule has 2 saturated carbocycles. The standard InChI is InChI=1S/C28H27NO4S.C18H24O2/c30-21-8-4-20(5-9-21)28-26(24-13-10-22(31)18-25(24)34-28)27(32)19-6-11-23(12-7-19)33-17-16-29-14-2-1-3-15-29;1-18-9-8-14-13-5-3-12(19)10-11(13)2-4-15(14)16(18)6-7-17(18)20/h4-13,18,30-31H,1-3,14-17H2;3,5,10,14-17,19-20H,2,4,6-9H2,1H3/t;14-,15-,16+,17+,18+/m.1/s1. The van der Waals surface area contributed by atoms with Crippen molar-refractivity contribution in [1.82, 2.24) is 4.90 Å². The van der Waals surface area contributed by atoms with E-state index in [1.165, 1.54) is 61.0 Å². The van der Waals surface area contributed by atoms with E-state index in [1.807, 2.05) is 36.4 Å². The molecule has 2 heterocycles. The molecule has 0 spiro atoms. The number of likely N-dealkylation sites (tertiary alicyclic amines) is 1. The first-order valence-electron chi connectivity index (χ1n) is 19.7. The van der Waals surface area contributed by atoms with E-state index in [4.69, 9.17) is 4.74 Å². The lowest BCUT2D eigenvalue weighted by molar-refractivity contribution is -0.0226. The number of piperidine rings is 1. The number of benzene rings is 4. The minimum atomic E-state index is -0.0883. The Morgan fingerprint density at radius 3 is 2.33 bits per heavy atom. The maximum Gasteiger partial charge on any atom is 0.195 e. The SMILES string of the molecule is C[C@]12CC[C@@H]3c4ccc(O)cc4CC[C@H]3[C@@H]1CC[C@@H]2O.O=C(c1ccc(OCCN2CCCCC2)cc1)c1c(-c2ccc(O)cc2)sc2cc(O)ccc12. The Hall–Kier alpha value is -4.37. The molecule has 5 atom stereocenters. The molecule has 1 saturated heterocycles. The molecular formula is C46H51NO6S. The highest BCUT2D eigenvalue weighted by atomic mass is 32.1. The van der Waals surface area contributed by atoms with Crippen molar-refractivity contribution in [1.29, 1.82) is 0 Å². The van der Waals surface area contributed by atoms with E-state index in [-0.39, 0.29) is 28.8 Å². The van der Waals surface area contributed by atoms with Crippen LogP contribution in [0.3, 0.4) is 0 Å². The zero-order chi connectivity index (χ0) is 37.4. The van der Waals surface area contributed by atoms with Crippen LogP contribution in [0.2, 0.25) is 0 Å². The molecular weight excluding hydrogens is 695 g/mol. The van der Waals surface area contributed by atoms with Crippen LogP contribution in [0, 0.1) is 17.3 Å². The van der Waals surface area contributed by atoms with Crippen LogP contribution in [-0.4, -0.2) is 63.5 Å². The fraction of sp³-hybridized carbons (Fsp3) is 0.413. The number of nitrogens with zero attached hydrogens (tertiary/aromatic N) is 1. The number of aliphatic hydroxyl groups excluding tert-OH is 1. The molecule has 1 aromatic heterocycles. The Kier molecular flexibility index (Phi) is 10.4. The molecule has 0 amide bonds. The summed E-state index contributed by atoms with van der Waals surface area (Å²) in [4.78, 5) is 16.9. The number of rotatable bonds is 7. The van der Waals surface area contributed by atoms with E-state index < -0.39 is 0 Å². The van der Waals surface area contributed by atoms with Crippen LogP contribution >= 0.6 is 11.3 Å². The lowest BCUT2D eigenvalue weighted by atomic mass is 9.55. The summed E-state index contributed by atoms with van der Waals surface area (Å²) in [6.45, 7) is 6.17. The van der Waals surface area contributed by atoms with Gasteiger partial charge in [-0.1, -0.05) is 19.4 Å². The van der Waals surface area contributed by atoms with Gasteiger partial charge in [-0.3, -0.25) is 9.69 Å². The first kappa shape index (κ1) is 36.6. The molecule has 3 aliphatic carbocycles. The minimum absolute atomic E-state index is 0.0834. The summed E-state index contributed by atoms with van der Waals surface area (Å²) in [5, 5.41) is 40.5. The van der Waals surface area contributed by atoms with Gasteiger partial charge in [0.05, 0.1) is 6.10 Å². The summed E-state index contributed by atoms with van der Waals surface area (Å²) < 4.78 is 6.76. The number of phenolic OH excluding ortho intramolecular Hbond substituents is 3. The second-order valence-electron chi connectivity index (χ2n) is 16.1. The van der Waals surface area contributed by atoms with Gasteiger partial charge in [0.25, 0.3) is 0 Å². The number of aryl methyl sites for hydroxylation is 1. The summed E-state index contributed by atoms with van der Waals surface area (Å²) in [6, 6.07) is 25.2. The van der Waals surface area contributed by atoms with E-state index in [2.05, 4.69) is 17.9 Å². The van der Waals surface area contributed by atoms with Crippen LogP contribution < -0.4 is 4.74 Å². The number of ether oxygens (including phenoxy) is 1. The molecule has 5 aromatic rings. The Bertz CT molecular complexity index is 2100. The van der Waals surface area contributed by atoms with Crippen LogP contribution in [-0.2, 0) is 6.42 Å². The number of ketones is 1. The summed E-state index contributed by atoms with van der Waals surface area (Å²) in [5.74, 6) is 3.50. The van der Waals surface area contributed by atoms with Crippen LogP contribution in [0.5, 0.6) is 23.0 Å².